The van der Waals surface area contributed by atoms with Gasteiger partial charge in [-0.3, -0.25) is 4.90 Å². The fourth-order valence-electron chi connectivity index (χ4n) is 3.54. The number of hydrogen-bond donors (Lipinski definition) is 0. The maximum Gasteiger partial charge on any atom is 0.338 e. The van der Waals surface area contributed by atoms with Crippen LogP contribution in [-0.2, 0) is 14.8 Å². The van der Waals surface area contributed by atoms with Crippen molar-refractivity contribution in [2.45, 2.75) is 43.5 Å². The van der Waals surface area contributed by atoms with E-state index in [9.17, 15) is 13.2 Å². The van der Waals surface area contributed by atoms with Gasteiger partial charge in [0.05, 0.1) is 23.1 Å². The first-order valence-electron chi connectivity index (χ1n) is 10.2. The summed E-state index contributed by atoms with van der Waals surface area (Å²) in [4.78, 5) is 18.6. The van der Waals surface area contributed by atoms with Crippen molar-refractivity contribution in [2.24, 2.45) is 0 Å². The molecule has 1 atom stereocenters. The van der Waals surface area contributed by atoms with Gasteiger partial charge in [-0.2, -0.15) is 9.29 Å². The zero-order valence-electron chi connectivity index (χ0n) is 17.2. The summed E-state index contributed by atoms with van der Waals surface area (Å²) in [5, 5.41) is 4.07. The number of sulfonamides is 1. The Morgan fingerprint density at radius 2 is 1.87 bits per heavy atom. The highest BCUT2D eigenvalue weighted by Gasteiger charge is 2.34. The summed E-state index contributed by atoms with van der Waals surface area (Å²) in [6, 6.07) is 5.81. The molecule has 0 spiro atoms. The van der Waals surface area contributed by atoms with Gasteiger partial charge in [-0.1, -0.05) is 5.16 Å². The number of rotatable bonds is 7. The van der Waals surface area contributed by atoms with Crippen molar-refractivity contribution in [3.05, 3.63) is 41.5 Å². The highest BCUT2D eigenvalue weighted by molar-refractivity contribution is 7.89. The maximum atomic E-state index is 13.0. The average molecular weight is 435 g/mol. The fraction of sp³-hybridized carbons (Fsp3) is 0.550. The molecule has 2 aliphatic rings. The average Bonchev–Trinajstić information content (AvgIpc) is 3.50. The van der Waals surface area contributed by atoms with E-state index in [1.165, 1.54) is 28.6 Å². The van der Waals surface area contributed by atoms with Crippen molar-refractivity contribution < 1.29 is 22.5 Å². The molecular formula is C20H26N4O5S. The van der Waals surface area contributed by atoms with Crippen molar-refractivity contribution in [2.75, 3.05) is 32.8 Å². The molecule has 1 aliphatic heterocycles. The molecule has 9 nitrogen and oxygen atoms in total. The standard InChI is InChI=1S/C20H26N4O5S/c1-3-28-20(25)16-6-8-17(9-7-16)30(26,27)24-12-10-23(11-13-24)14(2)19-21-18(22-29-19)15-4-5-15/h6-9,14-15H,3-5,10-13H2,1-2H3/t14-/m1/s1. The van der Waals surface area contributed by atoms with Crippen molar-refractivity contribution in [3.8, 4) is 0 Å². The number of carbonyl (C=O) groups excluding carboxylic acids is 1. The molecule has 1 aliphatic carbocycles. The lowest BCUT2D eigenvalue weighted by molar-refractivity contribution is 0.0526. The first kappa shape index (κ1) is 21.0. The third-order valence-electron chi connectivity index (χ3n) is 5.58. The number of nitrogens with zero attached hydrogens (tertiary/aromatic N) is 4. The lowest BCUT2D eigenvalue weighted by Crippen LogP contribution is -2.49. The topological polar surface area (TPSA) is 106 Å². The minimum Gasteiger partial charge on any atom is -0.462 e. The molecule has 2 aromatic rings. The summed E-state index contributed by atoms with van der Waals surface area (Å²) in [6.07, 6.45) is 2.23. The number of aromatic nitrogens is 2. The number of ether oxygens (including phenoxy) is 1. The molecule has 30 heavy (non-hydrogen) atoms. The molecule has 10 heteroatoms. The Labute approximate surface area is 176 Å². The van der Waals surface area contributed by atoms with Crippen LogP contribution in [0.15, 0.2) is 33.7 Å². The van der Waals surface area contributed by atoms with E-state index in [4.69, 9.17) is 9.26 Å². The molecule has 1 aromatic heterocycles. The van der Waals surface area contributed by atoms with Crippen LogP contribution in [0.2, 0.25) is 0 Å². The smallest absolute Gasteiger partial charge is 0.338 e. The van der Waals surface area contributed by atoms with Gasteiger partial charge in [0.15, 0.2) is 5.82 Å². The van der Waals surface area contributed by atoms with Crippen LogP contribution in [0.3, 0.4) is 0 Å². The highest BCUT2D eigenvalue weighted by atomic mass is 32.2. The molecule has 162 valence electrons. The van der Waals surface area contributed by atoms with Gasteiger partial charge in [0.1, 0.15) is 0 Å². The second-order valence-corrected chi connectivity index (χ2v) is 9.56. The monoisotopic (exact) mass is 434 g/mol. The summed E-state index contributed by atoms with van der Waals surface area (Å²) in [5.41, 5.74) is 0.333. The summed E-state index contributed by atoms with van der Waals surface area (Å²) in [7, 11) is -3.63. The molecule has 0 unspecified atom stereocenters. The van der Waals surface area contributed by atoms with E-state index >= 15 is 0 Å². The number of benzene rings is 1. The zero-order chi connectivity index (χ0) is 21.3. The van der Waals surface area contributed by atoms with Gasteiger partial charge >= 0.3 is 5.97 Å². The van der Waals surface area contributed by atoms with E-state index in [2.05, 4.69) is 15.0 Å². The normalized spacial score (nSPS) is 19.5. The minimum absolute atomic E-state index is 0.0567. The van der Waals surface area contributed by atoms with E-state index in [1.807, 2.05) is 6.92 Å². The van der Waals surface area contributed by atoms with Gasteiger partial charge in [0.2, 0.25) is 15.9 Å². The largest absolute Gasteiger partial charge is 0.462 e. The molecular weight excluding hydrogens is 408 g/mol. The number of carbonyl (C=O) groups is 1. The fourth-order valence-corrected chi connectivity index (χ4v) is 4.96. The van der Waals surface area contributed by atoms with Crippen molar-refractivity contribution in [1.29, 1.82) is 0 Å². The van der Waals surface area contributed by atoms with Crippen LogP contribution in [0.4, 0.5) is 0 Å². The van der Waals surface area contributed by atoms with Crippen molar-refractivity contribution in [1.82, 2.24) is 19.3 Å². The molecule has 0 amide bonds. The summed E-state index contributed by atoms with van der Waals surface area (Å²) in [6.45, 7) is 5.88. The molecule has 0 bridgehead atoms. The molecule has 0 N–H and O–H groups in total. The van der Waals surface area contributed by atoms with Gasteiger partial charge in [-0.15, -0.1) is 0 Å². The molecule has 2 fully saturated rings. The first-order chi connectivity index (χ1) is 14.4. The zero-order valence-corrected chi connectivity index (χ0v) is 18.0. The van der Waals surface area contributed by atoms with Crippen LogP contribution < -0.4 is 0 Å². The summed E-state index contributed by atoms with van der Waals surface area (Å²) >= 11 is 0. The SMILES string of the molecule is CCOC(=O)c1ccc(S(=O)(=O)N2CCN([C@H](C)c3nc(C4CC4)no3)CC2)cc1. The summed E-state index contributed by atoms with van der Waals surface area (Å²) in [5.74, 6) is 1.34. The molecule has 1 aromatic carbocycles. The van der Waals surface area contributed by atoms with Crippen LogP contribution >= 0.6 is 0 Å². The second-order valence-electron chi connectivity index (χ2n) is 7.63. The van der Waals surface area contributed by atoms with Gasteiger partial charge in [-0.05, 0) is 51.0 Å². The van der Waals surface area contributed by atoms with Gasteiger partial charge < -0.3 is 9.26 Å². The van der Waals surface area contributed by atoms with Crippen molar-refractivity contribution in [3.63, 3.8) is 0 Å². The maximum absolute atomic E-state index is 13.0. The van der Waals surface area contributed by atoms with E-state index in [1.54, 1.807) is 6.92 Å². The van der Waals surface area contributed by atoms with E-state index in [0.717, 1.165) is 18.7 Å². The molecule has 1 saturated heterocycles. The molecule has 2 heterocycles. The predicted molar refractivity (Wildman–Crippen MR) is 107 cm³/mol. The lowest BCUT2D eigenvalue weighted by atomic mass is 10.2. The van der Waals surface area contributed by atoms with E-state index in [0.29, 0.717) is 43.6 Å². The van der Waals surface area contributed by atoms with E-state index < -0.39 is 16.0 Å². The number of piperazine rings is 1. The number of esters is 1. The van der Waals surface area contributed by atoms with Gasteiger partial charge in [0, 0.05) is 32.1 Å². The van der Waals surface area contributed by atoms with E-state index in [-0.39, 0.29) is 17.5 Å². The quantitative estimate of drug-likeness (QED) is 0.611. The highest BCUT2D eigenvalue weighted by Crippen LogP contribution is 2.38. The molecule has 4 rings (SSSR count). The third-order valence-corrected chi connectivity index (χ3v) is 7.49. The van der Waals surface area contributed by atoms with Gasteiger partial charge in [-0.25, -0.2) is 13.2 Å². The van der Waals surface area contributed by atoms with Crippen LogP contribution in [0.1, 0.15) is 60.7 Å². The Morgan fingerprint density at radius 1 is 1.20 bits per heavy atom. The Hall–Kier alpha value is -2.30. The lowest BCUT2D eigenvalue weighted by Gasteiger charge is -2.36. The minimum atomic E-state index is -3.63. The Morgan fingerprint density at radius 3 is 2.47 bits per heavy atom. The van der Waals surface area contributed by atoms with Crippen LogP contribution in [-0.4, -0.2) is 66.5 Å². The number of hydrogen-bond acceptors (Lipinski definition) is 8. The second kappa shape index (κ2) is 8.44. The van der Waals surface area contributed by atoms with Crippen molar-refractivity contribution >= 4 is 16.0 Å². The molecule has 0 radical (unpaired) electrons. The Kier molecular flexibility index (Phi) is 5.90. The van der Waals surface area contributed by atoms with Crippen LogP contribution in [0, 0.1) is 0 Å². The predicted octanol–water partition coefficient (Wildman–Crippen LogP) is 2.19. The van der Waals surface area contributed by atoms with Gasteiger partial charge in [0.25, 0.3) is 0 Å². The third kappa shape index (κ3) is 4.26. The molecule has 1 saturated carbocycles. The van der Waals surface area contributed by atoms with Crippen LogP contribution in [0.25, 0.3) is 0 Å². The Balaban J connectivity index is 1.38. The Bertz CT molecular complexity index is 992. The first-order valence-corrected chi connectivity index (χ1v) is 11.7. The van der Waals surface area contributed by atoms with Crippen LogP contribution in [0.5, 0.6) is 0 Å². The summed E-state index contributed by atoms with van der Waals surface area (Å²) < 4.78 is 37.8.